The van der Waals surface area contributed by atoms with Crippen LogP contribution < -0.4 is 10.1 Å². The van der Waals surface area contributed by atoms with Crippen LogP contribution in [0.3, 0.4) is 0 Å². The molecule has 2 aliphatic rings. The molecule has 0 unspecified atom stereocenters. The molecule has 1 aromatic carbocycles. The summed E-state index contributed by atoms with van der Waals surface area (Å²) < 4.78 is 6.19. The van der Waals surface area contributed by atoms with Crippen molar-refractivity contribution in [1.82, 2.24) is 10.2 Å². The molecule has 3 rings (SSSR count). The van der Waals surface area contributed by atoms with Crippen molar-refractivity contribution in [2.45, 2.75) is 51.4 Å². The van der Waals surface area contributed by atoms with Gasteiger partial charge in [-0.25, -0.2) is 0 Å². The topological polar surface area (TPSA) is 61.8 Å². The molecule has 126 valence electrons. The number of nitrogens with one attached hydrogen (secondary N) is 1. The Morgan fingerprint density at radius 3 is 2.48 bits per heavy atom. The molecule has 2 saturated heterocycles. The van der Waals surface area contributed by atoms with Crippen molar-refractivity contribution in [3.05, 3.63) is 29.3 Å². The summed E-state index contributed by atoms with van der Waals surface area (Å²) in [5, 5.41) is 12.6. The molecule has 23 heavy (non-hydrogen) atoms. The molecule has 2 fully saturated rings. The SMILES string of the molecule is Cc1cccc(C)c1OC1CCN(C(=O)[C@H]2C[C@@H](O)CN2)CC1. The van der Waals surface area contributed by atoms with Crippen molar-refractivity contribution in [2.75, 3.05) is 19.6 Å². The number of aliphatic hydroxyl groups is 1. The van der Waals surface area contributed by atoms with E-state index >= 15 is 0 Å². The van der Waals surface area contributed by atoms with Crippen molar-refractivity contribution in [1.29, 1.82) is 0 Å². The zero-order valence-electron chi connectivity index (χ0n) is 13.9. The predicted molar refractivity (Wildman–Crippen MR) is 88.6 cm³/mol. The van der Waals surface area contributed by atoms with Crippen LogP contribution in [0.15, 0.2) is 18.2 Å². The summed E-state index contributed by atoms with van der Waals surface area (Å²) in [7, 11) is 0. The lowest BCUT2D eigenvalue weighted by Gasteiger charge is -2.34. The molecule has 2 N–H and O–H groups in total. The summed E-state index contributed by atoms with van der Waals surface area (Å²) in [6.07, 6.45) is 2.01. The third-order valence-electron chi connectivity index (χ3n) is 4.85. The van der Waals surface area contributed by atoms with E-state index in [0.29, 0.717) is 13.0 Å². The normalized spacial score (nSPS) is 25.6. The van der Waals surface area contributed by atoms with Crippen molar-refractivity contribution in [3.63, 3.8) is 0 Å². The Bertz CT molecular complexity index is 547. The highest BCUT2D eigenvalue weighted by molar-refractivity contribution is 5.82. The van der Waals surface area contributed by atoms with E-state index in [1.807, 2.05) is 11.0 Å². The van der Waals surface area contributed by atoms with Crippen molar-refractivity contribution < 1.29 is 14.6 Å². The Hall–Kier alpha value is -1.59. The van der Waals surface area contributed by atoms with Crippen LogP contribution in [0.25, 0.3) is 0 Å². The average molecular weight is 318 g/mol. The first-order chi connectivity index (χ1) is 11.0. The van der Waals surface area contributed by atoms with E-state index in [-0.39, 0.29) is 18.1 Å². The molecule has 1 amide bonds. The molecule has 0 saturated carbocycles. The third kappa shape index (κ3) is 3.67. The number of carbonyl (C=O) groups is 1. The maximum Gasteiger partial charge on any atom is 0.239 e. The van der Waals surface area contributed by atoms with E-state index in [1.165, 1.54) is 0 Å². The number of benzene rings is 1. The standard InChI is InChI=1S/C18H26N2O3/c1-12-4-3-5-13(2)17(12)23-15-6-8-20(9-7-15)18(22)16-10-14(21)11-19-16/h3-5,14-16,19,21H,6-11H2,1-2H3/t14-,16-/m1/s1. The molecule has 5 heteroatoms. The van der Waals surface area contributed by atoms with Crippen LogP contribution in [0.4, 0.5) is 0 Å². The number of hydrogen-bond acceptors (Lipinski definition) is 4. The zero-order chi connectivity index (χ0) is 16.4. The number of rotatable bonds is 3. The van der Waals surface area contributed by atoms with Gasteiger partial charge in [0.1, 0.15) is 11.9 Å². The van der Waals surface area contributed by atoms with Gasteiger partial charge in [0.05, 0.1) is 12.1 Å². The molecule has 2 atom stereocenters. The lowest BCUT2D eigenvalue weighted by Crippen LogP contribution is -2.48. The minimum Gasteiger partial charge on any atom is -0.490 e. The molecular formula is C18H26N2O3. The number of amides is 1. The number of β-amino-alcohol motifs (C(OH)–C–C–N with tert-alkyl or cyclic N) is 1. The van der Waals surface area contributed by atoms with Gasteiger partial charge in [-0.3, -0.25) is 4.79 Å². The number of aryl methyl sites for hydroxylation is 2. The Balaban J connectivity index is 1.53. The summed E-state index contributed by atoms with van der Waals surface area (Å²) in [6.45, 7) is 6.10. The van der Waals surface area contributed by atoms with Gasteiger partial charge in [0, 0.05) is 32.5 Å². The Kier molecular flexibility index (Phi) is 4.87. The second-order valence-electron chi connectivity index (χ2n) is 6.71. The summed E-state index contributed by atoms with van der Waals surface area (Å²) in [4.78, 5) is 14.3. The number of aliphatic hydroxyl groups excluding tert-OH is 1. The second-order valence-corrected chi connectivity index (χ2v) is 6.71. The number of piperidine rings is 1. The highest BCUT2D eigenvalue weighted by Gasteiger charge is 2.33. The van der Waals surface area contributed by atoms with Gasteiger partial charge in [-0.2, -0.15) is 0 Å². The van der Waals surface area contributed by atoms with E-state index in [9.17, 15) is 9.90 Å². The highest BCUT2D eigenvalue weighted by Crippen LogP contribution is 2.26. The number of ether oxygens (including phenoxy) is 1. The fourth-order valence-corrected chi connectivity index (χ4v) is 3.47. The molecule has 0 radical (unpaired) electrons. The summed E-state index contributed by atoms with van der Waals surface area (Å²) in [5.74, 6) is 1.10. The van der Waals surface area contributed by atoms with Crippen LogP contribution in [0.1, 0.15) is 30.4 Å². The van der Waals surface area contributed by atoms with Gasteiger partial charge >= 0.3 is 0 Å². The largest absolute Gasteiger partial charge is 0.490 e. The predicted octanol–water partition coefficient (Wildman–Crippen LogP) is 1.40. The number of para-hydroxylation sites is 1. The molecule has 5 nitrogen and oxygen atoms in total. The molecule has 0 bridgehead atoms. The fraction of sp³-hybridized carbons (Fsp3) is 0.611. The summed E-state index contributed by atoms with van der Waals surface area (Å²) in [6, 6.07) is 5.96. The maximum atomic E-state index is 12.4. The van der Waals surface area contributed by atoms with Gasteiger partial charge in [0.2, 0.25) is 5.91 Å². The van der Waals surface area contributed by atoms with Crippen LogP contribution in [0.5, 0.6) is 5.75 Å². The molecule has 0 aliphatic carbocycles. The zero-order valence-corrected chi connectivity index (χ0v) is 13.9. The molecule has 2 aliphatic heterocycles. The first kappa shape index (κ1) is 16.3. The summed E-state index contributed by atoms with van der Waals surface area (Å²) >= 11 is 0. The Morgan fingerprint density at radius 2 is 1.91 bits per heavy atom. The van der Waals surface area contributed by atoms with Crippen molar-refractivity contribution in [3.8, 4) is 5.75 Å². The third-order valence-corrected chi connectivity index (χ3v) is 4.85. The van der Waals surface area contributed by atoms with E-state index in [0.717, 1.165) is 42.8 Å². The van der Waals surface area contributed by atoms with E-state index in [4.69, 9.17) is 4.74 Å². The molecule has 1 aromatic rings. The Labute approximate surface area is 137 Å². The monoisotopic (exact) mass is 318 g/mol. The molecular weight excluding hydrogens is 292 g/mol. The number of nitrogens with zero attached hydrogens (tertiary/aromatic N) is 1. The fourth-order valence-electron chi connectivity index (χ4n) is 3.47. The minimum atomic E-state index is -0.395. The van der Waals surface area contributed by atoms with Crippen LogP contribution in [0, 0.1) is 13.8 Å². The Morgan fingerprint density at radius 1 is 1.26 bits per heavy atom. The lowest BCUT2D eigenvalue weighted by molar-refractivity contribution is -0.135. The average Bonchev–Trinajstić information content (AvgIpc) is 2.97. The van der Waals surface area contributed by atoms with E-state index in [2.05, 4.69) is 31.3 Å². The smallest absolute Gasteiger partial charge is 0.239 e. The summed E-state index contributed by atoms with van der Waals surface area (Å²) in [5.41, 5.74) is 2.32. The van der Waals surface area contributed by atoms with Gasteiger partial charge in [-0.05, 0) is 31.4 Å². The van der Waals surface area contributed by atoms with Gasteiger partial charge in [0.15, 0.2) is 0 Å². The van der Waals surface area contributed by atoms with Gasteiger partial charge in [0.25, 0.3) is 0 Å². The first-order valence-corrected chi connectivity index (χ1v) is 8.47. The van der Waals surface area contributed by atoms with Crippen molar-refractivity contribution >= 4 is 5.91 Å². The van der Waals surface area contributed by atoms with Crippen LogP contribution >= 0.6 is 0 Å². The highest BCUT2D eigenvalue weighted by atomic mass is 16.5. The number of hydrogen-bond donors (Lipinski definition) is 2. The van der Waals surface area contributed by atoms with Crippen molar-refractivity contribution in [2.24, 2.45) is 0 Å². The van der Waals surface area contributed by atoms with Gasteiger partial charge in [-0.15, -0.1) is 0 Å². The van der Waals surface area contributed by atoms with Gasteiger partial charge < -0.3 is 20.1 Å². The lowest BCUT2D eigenvalue weighted by atomic mass is 10.0. The number of carbonyl (C=O) groups excluding carboxylic acids is 1. The molecule has 0 aromatic heterocycles. The quantitative estimate of drug-likeness (QED) is 0.884. The van der Waals surface area contributed by atoms with E-state index < -0.39 is 6.10 Å². The molecule has 2 heterocycles. The maximum absolute atomic E-state index is 12.4. The van der Waals surface area contributed by atoms with Crippen LogP contribution in [-0.4, -0.2) is 53.8 Å². The van der Waals surface area contributed by atoms with Crippen LogP contribution in [0.2, 0.25) is 0 Å². The first-order valence-electron chi connectivity index (χ1n) is 8.47. The minimum absolute atomic E-state index is 0.118. The van der Waals surface area contributed by atoms with Crippen LogP contribution in [-0.2, 0) is 4.79 Å². The van der Waals surface area contributed by atoms with E-state index in [1.54, 1.807) is 0 Å². The molecule has 0 spiro atoms. The number of likely N-dealkylation sites (tertiary alicyclic amines) is 1. The van der Waals surface area contributed by atoms with Gasteiger partial charge in [-0.1, -0.05) is 18.2 Å². The second kappa shape index (κ2) is 6.89.